The molecule has 1 amide bonds. The zero-order chi connectivity index (χ0) is 16.9. The summed E-state index contributed by atoms with van der Waals surface area (Å²) in [5.41, 5.74) is 0.759. The van der Waals surface area contributed by atoms with Gasteiger partial charge in [0.1, 0.15) is 0 Å². The average Bonchev–Trinajstić information content (AvgIpc) is 2.92. The molecule has 3 rings (SSSR count). The van der Waals surface area contributed by atoms with Crippen LogP contribution in [0.3, 0.4) is 0 Å². The van der Waals surface area contributed by atoms with Crippen molar-refractivity contribution in [1.82, 2.24) is 10.6 Å². The smallest absolute Gasteiger partial charge is 0.333 e. The van der Waals surface area contributed by atoms with Gasteiger partial charge in [0.05, 0.1) is 6.61 Å². The largest absolute Gasteiger partial charge is 0.464 e. The molecule has 2 fully saturated rings. The second-order valence-corrected chi connectivity index (χ2v) is 6.84. The molecular formula is C19H27ClN2O3. The number of nitrogens with one attached hydrogen (secondary N) is 2. The number of hydrogen-bond acceptors (Lipinski definition) is 4. The van der Waals surface area contributed by atoms with Crippen LogP contribution in [0.2, 0.25) is 0 Å². The van der Waals surface area contributed by atoms with Gasteiger partial charge in [-0.05, 0) is 44.1 Å². The minimum absolute atomic E-state index is 0. The number of halogens is 1. The normalized spacial score (nSPS) is 25.6. The minimum Gasteiger partial charge on any atom is -0.464 e. The van der Waals surface area contributed by atoms with E-state index < -0.39 is 12.0 Å². The van der Waals surface area contributed by atoms with Crippen molar-refractivity contribution in [3.8, 4) is 0 Å². The predicted molar refractivity (Wildman–Crippen MR) is 98.5 cm³/mol. The molecular weight excluding hydrogens is 340 g/mol. The van der Waals surface area contributed by atoms with Gasteiger partial charge in [-0.25, -0.2) is 4.79 Å². The Bertz CT molecular complexity index is 569. The standard InChI is InChI=1S/C19H26N2O3.ClH/c1-2-24-19(23)18(14-6-4-3-5-7-14)21-17(22)12-13-10-15-8-9-16(11-13)20-15;/h3-7,13,15-16,18,20H,2,8-12H2,1H3,(H,21,22);1H/t13?,15?,16?,18-;/m1./s1. The Labute approximate surface area is 155 Å². The van der Waals surface area contributed by atoms with Gasteiger partial charge in [0.15, 0.2) is 6.04 Å². The summed E-state index contributed by atoms with van der Waals surface area (Å²) < 4.78 is 5.13. The van der Waals surface area contributed by atoms with Gasteiger partial charge in [0, 0.05) is 18.5 Å². The first-order chi connectivity index (χ1) is 11.7. The lowest BCUT2D eigenvalue weighted by Crippen LogP contribution is -2.41. The summed E-state index contributed by atoms with van der Waals surface area (Å²) in [4.78, 5) is 24.7. The molecule has 25 heavy (non-hydrogen) atoms. The van der Waals surface area contributed by atoms with Crippen LogP contribution in [0.15, 0.2) is 30.3 Å². The maximum absolute atomic E-state index is 12.5. The SMILES string of the molecule is CCOC(=O)[C@H](NC(=O)CC1CC2CCC(C1)N2)c1ccccc1.Cl. The first-order valence-corrected chi connectivity index (χ1v) is 8.92. The third-order valence-corrected chi connectivity index (χ3v) is 5.01. The van der Waals surface area contributed by atoms with Crippen LogP contribution >= 0.6 is 12.4 Å². The molecule has 6 heteroatoms. The summed E-state index contributed by atoms with van der Waals surface area (Å²) in [6.07, 6.45) is 5.03. The van der Waals surface area contributed by atoms with Crippen LogP contribution in [0, 0.1) is 5.92 Å². The minimum atomic E-state index is -0.725. The lowest BCUT2D eigenvalue weighted by Gasteiger charge is -2.29. The summed E-state index contributed by atoms with van der Waals surface area (Å²) in [5.74, 6) is -0.0620. The first-order valence-electron chi connectivity index (χ1n) is 8.92. The fraction of sp³-hybridized carbons (Fsp3) is 0.579. The molecule has 1 aromatic rings. The number of piperidine rings is 1. The van der Waals surface area contributed by atoms with Crippen molar-refractivity contribution in [2.24, 2.45) is 5.92 Å². The molecule has 2 heterocycles. The van der Waals surface area contributed by atoms with E-state index in [1.165, 1.54) is 12.8 Å². The number of fused-ring (bicyclic) bond motifs is 2. The molecule has 0 aromatic heterocycles. The van der Waals surface area contributed by atoms with Crippen LogP contribution < -0.4 is 10.6 Å². The lowest BCUT2D eigenvalue weighted by molar-refractivity contribution is -0.147. The van der Waals surface area contributed by atoms with Gasteiger partial charge >= 0.3 is 5.97 Å². The molecule has 0 saturated carbocycles. The van der Waals surface area contributed by atoms with E-state index >= 15 is 0 Å². The van der Waals surface area contributed by atoms with Crippen LogP contribution in [-0.2, 0) is 14.3 Å². The molecule has 3 atom stereocenters. The second-order valence-electron chi connectivity index (χ2n) is 6.84. The van der Waals surface area contributed by atoms with Crippen LogP contribution in [0.4, 0.5) is 0 Å². The number of esters is 1. The van der Waals surface area contributed by atoms with E-state index in [0.29, 0.717) is 31.0 Å². The molecule has 2 N–H and O–H groups in total. The zero-order valence-electron chi connectivity index (χ0n) is 14.6. The Morgan fingerprint density at radius 2 is 1.84 bits per heavy atom. The number of rotatable bonds is 6. The predicted octanol–water partition coefficient (Wildman–Crippen LogP) is 2.75. The summed E-state index contributed by atoms with van der Waals surface area (Å²) in [5, 5.41) is 6.47. The van der Waals surface area contributed by atoms with E-state index in [-0.39, 0.29) is 18.3 Å². The van der Waals surface area contributed by atoms with Crippen molar-refractivity contribution in [3.63, 3.8) is 0 Å². The second kappa shape index (κ2) is 9.20. The maximum atomic E-state index is 12.5. The molecule has 2 aliphatic heterocycles. The molecule has 2 aliphatic rings. The van der Waals surface area contributed by atoms with E-state index in [4.69, 9.17) is 4.74 Å². The van der Waals surface area contributed by atoms with Crippen molar-refractivity contribution in [2.45, 2.75) is 57.2 Å². The summed E-state index contributed by atoms with van der Waals surface area (Å²) >= 11 is 0. The fourth-order valence-electron chi connectivity index (χ4n) is 3.97. The molecule has 2 saturated heterocycles. The van der Waals surface area contributed by atoms with Crippen molar-refractivity contribution in [1.29, 1.82) is 0 Å². The lowest BCUT2D eigenvalue weighted by atomic mass is 9.89. The molecule has 5 nitrogen and oxygen atoms in total. The van der Waals surface area contributed by atoms with E-state index in [2.05, 4.69) is 10.6 Å². The highest BCUT2D eigenvalue weighted by molar-refractivity contribution is 5.86. The Kier molecular flexibility index (Phi) is 7.26. The summed E-state index contributed by atoms with van der Waals surface area (Å²) in [6.45, 7) is 2.07. The number of hydrogen-bond donors (Lipinski definition) is 2. The number of ether oxygens (including phenoxy) is 1. The topological polar surface area (TPSA) is 67.4 Å². The van der Waals surface area contributed by atoms with Crippen molar-refractivity contribution < 1.29 is 14.3 Å². The molecule has 138 valence electrons. The van der Waals surface area contributed by atoms with Crippen LogP contribution in [-0.4, -0.2) is 30.6 Å². The van der Waals surface area contributed by atoms with Gasteiger partial charge in [-0.15, -0.1) is 12.4 Å². The third kappa shape index (κ3) is 5.19. The third-order valence-electron chi connectivity index (χ3n) is 5.01. The van der Waals surface area contributed by atoms with Crippen molar-refractivity contribution in [3.05, 3.63) is 35.9 Å². The van der Waals surface area contributed by atoms with E-state index in [1.54, 1.807) is 6.92 Å². The molecule has 2 bridgehead atoms. The average molecular weight is 367 g/mol. The van der Waals surface area contributed by atoms with Gasteiger partial charge in [-0.3, -0.25) is 4.79 Å². The number of amides is 1. The number of carbonyl (C=O) groups is 2. The number of benzene rings is 1. The monoisotopic (exact) mass is 366 g/mol. The van der Waals surface area contributed by atoms with Gasteiger partial charge in [-0.2, -0.15) is 0 Å². The Morgan fingerprint density at radius 3 is 2.44 bits per heavy atom. The van der Waals surface area contributed by atoms with Gasteiger partial charge in [0.2, 0.25) is 5.91 Å². The van der Waals surface area contributed by atoms with Crippen LogP contribution in [0.5, 0.6) is 0 Å². The molecule has 0 aliphatic carbocycles. The van der Waals surface area contributed by atoms with E-state index in [1.807, 2.05) is 30.3 Å². The van der Waals surface area contributed by atoms with Crippen LogP contribution in [0.1, 0.15) is 50.6 Å². The highest BCUT2D eigenvalue weighted by Gasteiger charge is 2.34. The Hall–Kier alpha value is -1.59. The first kappa shape index (κ1) is 19.7. The molecule has 0 spiro atoms. The summed E-state index contributed by atoms with van der Waals surface area (Å²) in [6, 6.07) is 9.69. The molecule has 2 unspecified atom stereocenters. The summed E-state index contributed by atoms with van der Waals surface area (Å²) in [7, 11) is 0. The highest BCUT2D eigenvalue weighted by atomic mass is 35.5. The van der Waals surface area contributed by atoms with Gasteiger partial charge in [-0.1, -0.05) is 30.3 Å². The van der Waals surface area contributed by atoms with E-state index in [0.717, 1.165) is 18.4 Å². The van der Waals surface area contributed by atoms with Gasteiger partial charge in [0.25, 0.3) is 0 Å². The number of carbonyl (C=O) groups excluding carboxylic acids is 2. The van der Waals surface area contributed by atoms with Crippen molar-refractivity contribution in [2.75, 3.05) is 6.61 Å². The van der Waals surface area contributed by atoms with Gasteiger partial charge < -0.3 is 15.4 Å². The van der Waals surface area contributed by atoms with Crippen molar-refractivity contribution >= 4 is 24.3 Å². The molecule has 0 radical (unpaired) electrons. The van der Waals surface area contributed by atoms with Crippen LogP contribution in [0.25, 0.3) is 0 Å². The Balaban J connectivity index is 0.00000225. The highest BCUT2D eigenvalue weighted by Crippen LogP contribution is 2.32. The zero-order valence-corrected chi connectivity index (χ0v) is 15.4. The fourth-order valence-corrected chi connectivity index (χ4v) is 3.97. The van der Waals surface area contributed by atoms with E-state index in [9.17, 15) is 9.59 Å². The Morgan fingerprint density at radius 1 is 1.20 bits per heavy atom. The quantitative estimate of drug-likeness (QED) is 0.760. The maximum Gasteiger partial charge on any atom is 0.333 e. The molecule has 1 aromatic carbocycles.